The van der Waals surface area contributed by atoms with Gasteiger partial charge in [0, 0.05) is 12.6 Å². The number of benzene rings is 1. The van der Waals surface area contributed by atoms with E-state index >= 15 is 0 Å². The smallest absolute Gasteiger partial charge is 0.239 e. The van der Waals surface area contributed by atoms with Gasteiger partial charge in [0.05, 0.1) is 19.3 Å². The van der Waals surface area contributed by atoms with Gasteiger partial charge in [-0.05, 0) is 19.1 Å². The maximum atomic E-state index is 12.0. The van der Waals surface area contributed by atoms with Crippen LogP contribution in [0.2, 0.25) is 0 Å². The van der Waals surface area contributed by atoms with Crippen LogP contribution in [0.25, 0.3) is 0 Å². The van der Waals surface area contributed by atoms with Crippen molar-refractivity contribution in [3.63, 3.8) is 0 Å². The van der Waals surface area contributed by atoms with Crippen molar-refractivity contribution in [1.29, 1.82) is 0 Å². The second-order valence-corrected chi connectivity index (χ2v) is 5.16. The Morgan fingerprint density at radius 1 is 1.41 bits per heavy atom. The summed E-state index contributed by atoms with van der Waals surface area (Å²) < 4.78 is 21.6. The fourth-order valence-corrected chi connectivity index (χ4v) is 2.45. The Bertz CT molecular complexity index is 537. The van der Waals surface area contributed by atoms with Crippen LogP contribution in [0.4, 0.5) is 0 Å². The standard InChI is InChI=1S/C15H20N2O5/c1-10-14(16-4-6-19-10)15(18)17-5-7-20-11-2-3-12-13(8-11)22-9-21-12/h2-3,8,10,14,16H,4-7,9H2,1H3,(H,17,18)/t10-,14+/m1/s1. The molecule has 2 atom stereocenters. The lowest BCUT2D eigenvalue weighted by Gasteiger charge is -2.29. The number of carbonyl (C=O) groups is 1. The fraction of sp³-hybridized carbons (Fsp3) is 0.533. The summed E-state index contributed by atoms with van der Waals surface area (Å²) in [5.74, 6) is 2.02. The van der Waals surface area contributed by atoms with Gasteiger partial charge in [0.15, 0.2) is 11.5 Å². The minimum Gasteiger partial charge on any atom is -0.492 e. The van der Waals surface area contributed by atoms with Gasteiger partial charge in [0.2, 0.25) is 12.7 Å². The van der Waals surface area contributed by atoms with E-state index in [-0.39, 0.29) is 24.8 Å². The third kappa shape index (κ3) is 3.42. The minimum atomic E-state index is -0.306. The van der Waals surface area contributed by atoms with Gasteiger partial charge < -0.3 is 29.6 Å². The van der Waals surface area contributed by atoms with E-state index in [2.05, 4.69) is 10.6 Å². The summed E-state index contributed by atoms with van der Waals surface area (Å²) in [7, 11) is 0. The maximum Gasteiger partial charge on any atom is 0.239 e. The van der Waals surface area contributed by atoms with Crippen LogP contribution in [0.5, 0.6) is 17.2 Å². The van der Waals surface area contributed by atoms with E-state index < -0.39 is 0 Å². The van der Waals surface area contributed by atoms with Gasteiger partial charge in [-0.15, -0.1) is 0 Å². The first kappa shape index (κ1) is 14.9. The predicted octanol–water partition coefficient (Wildman–Crippen LogP) is 0.287. The van der Waals surface area contributed by atoms with Crippen LogP contribution in [0, 0.1) is 0 Å². The Hall–Kier alpha value is -1.99. The van der Waals surface area contributed by atoms with E-state index in [1.807, 2.05) is 13.0 Å². The number of rotatable bonds is 5. The molecular weight excluding hydrogens is 288 g/mol. The van der Waals surface area contributed by atoms with Crippen molar-refractivity contribution < 1.29 is 23.7 Å². The highest BCUT2D eigenvalue weighted by molar-refractivity contribution is 5.82. The van der Waals surface area contributed by atoms with Gasteiger partial charge in [0.1, 0.15) is 18.4 Å². The Labute approximate surface area is 128 Å². The predicted molar refractivity (Wildman–Crippen MR) is 78.3 cm³/mol. The van der Waals surface area contributed by atoms with Gasteiger partial charge in [-0.1, -0.05) is 0 Å². The molecule has 1 saturated heterocycles. The molecule has 0 saturated carbocycles. The molecule has 0 unspecified atom stereocenters. The Balaban J connectivity index is 1.41. The molecule has 22 heavy (non-hydrogen) atoms. The molecule has 1 aromatic rings. The summed E-state index contributed by atoms with van der Waals surface area (Å²) in [5.41, 5.74) is 0. The number of ether oxygens (including phenoxy) is 4. The molecule has 0 aliphatic carbocycles. The molecule has 0 bridgehead atoms. The molecule has 1 fully saturated rings. The van der Waals surface area contributed by atoms with E-state index in [4.69, 9.17) is 18.9 Å². The molecule has 2 heterocycles. The van der Waals surface area contributed by atoms with Crippen molar-refractivity contribution in [3.05, 3.63) is 18.2 Å². The number of amides is 1. The number of morpholine rings is 1. The molecule has 1 aromatic carbocycles. The first-order chi connectivity index (χ1) is 10.7. The summed E-state index contributed by atoms with van der Waals surface area (Å²) in [6, 6.07) is 5.09. The van der Waals surface area contributed by atoms with Gasteiger partial charge in [-0.3, -0.25) is 4.79 Å². The van der Waals surface area contributed by atoms with Crippen LogP contribution in [0.1, 0.15) is 6.92 Å². The van der Waals surface area contributed by atoms with Crippen LogP contribution in [-0.4, -0.2) is 51.1 Å². The second kappa shape index (κ2) is 6.85. The number of nitrogens with one attached hydrogen (secondary N) is 2. The van der Waals surface area contributed by atoms with Crippen LogP contribution < -0.4 is 24.8 Å². The maximum absolute atomic E-state index is 12.0. The number of fused-ring (bicyclic) bond motifs is 1. The van der Waals surface area contributed by atoms with E-state index in [0.717, 1.165) is 5.75 Å². The largest absolute Gasteiger partial charge is 0.492 e. The summed E-state index contributed by atoms with van der Waals surface area (Å²) in [6.07, 6.45) is -0.122. The zero-order valence-corrected chi connectivity index (χ0v) is 12.5. The summed E-state index contributed by atoms with van der Waals surface area (Å²) in [6.45, 7) is 4.27. The van der Waals surface area contributed by atoms with Gasteiger partial charge in [0.25, 0.3) is 0 Å². The van der Waals surface area contributed by atoms with E-state index in [1.54, 1.807) is 12.1 Å². The molecule has 7 heteroatoms. The zero-order valence-electron chi connectivity index (χ0n) is 12.5. The fourth-order valence-electron chi connectivity index (χ4n) is 2.45. The molecule has 0 aromatic heterocycles. The normalized spacial score (nSPS) is 23.1. The van der Waals surface area contributed by atoms with Crippen LogP contribution in [-0.2, 0) is 9.53 Å². The molecule has 3 rings (SSSR count). The van der Waals surface area contributed by atoms with Gasteiger partial charge in [-0.25, -0.2) is 0 Å². The molecule has 7 nitrogen and oxygen atoms in total. The molecule has 2 aliphatic rings. The Morgan fingerprint density at radius 3 is 3.14 bits per heavy atom. The Kier molecular flexibility index (Phi) is 4.65. The summed E-state index contributed by atoms with van der Waals surface area (Å²) >= 11 is 0. The summed E-state index contributed by atoms with van der Waals surface area (Å²) in [4.78, 5) is 12.0. The van der Waals surface area contributed by atoms with Crippen LogP contribution in [0.3, 0.4) is 0 Å². The van der Waals surface area contributed by atoms with Gasteiger partial charge >= 0.3 is 0 Å². The third-order valence-corrected chi connectivity index (χ3v) is 3.61. The van der Waals surface area contributed by atoms with Crippen molar-refractivity contribution in [2.24, 2.45) is 0 Å². The lowest BCUT2D eigenvalue weighted by atomic mass is 10.1. The van der Waals surface area contributed by atoms with E-state index in [1.165, 1.54) is 0 Å². The van der Waals surface area contributed by atoms with Crippen molar-refractivity contribution in [2.45, 2.75) is 19.1 Å². The highest BCUT2D eigenvalue weighted by Crippen LogP contribution is 2.34. The molecule has 2 aliphatic heterocycles. The number of hydrogen-bond acceptors (Lipinski definition) is 6. The summed E-state index contributed by atoms with van der Waals surface area (Å²) in [5, 5.41) is 5.99. The first-order valence-electron chi connectivity index (χ1n) is 7.39. The van der Waals surface area contributed by atoms with Gasteiger partial charge in [-0.2, -0.15) is 0 Å². The highest BCUT2D eigenvalue weighted by atomic mass is 16.7. The molecule has 0 radical (unpaired) electrons. The van der Waals surface area contributed by atoms with E-state index in [9.17, 15) is 4.79 Å². The molecule has 120 valence electrons. The number of carbonyl (C=O) groups excluding carboxylic acids is 1. The number of hydrogen-bond donors (Lipinski definition) is 2. The van der Waals surface area contributed by atoms with Crippen molar-refractivity contribution in [1.82, 2.24) is 10.6 Å². The second-order valence-electron chi connectivity index (χ2n) is 5.16. The van der Waals surface area contributed by atoms with E-state index in [0.29, 0.717) is 37.8 Å². The SMILES string of the molecule is C[C@H]1OCCN[C@@H]1C(=O)NCCOc1ccc2c(c1)OCO2. The first-order valence-corrected chi connectivity index (χ1v) is 7.39. The van der Waals surface area contributed by atoms with Crippen molar-refractivity contribution in [2.75, 3.05) is 33.1 Å². The molecular formula is C15H20N2O5. The average Bonchev–Trinajstić information content (AvgIpc) is 2.99. The quantitative estimate of drug-likeness (QED) is 0.761. The van der Waals surface area contributed by atoms with Crippen LogP contribution in [0.15, 0.2) is 18.2 Å². The van der Waals surface area contributed by atoms with Crippen molar-refractivity contribution in [3.8, 4) is 17.2 Å². The average molecular weight is 308 g/mol. The minimum absolute atomic E-state index is 0.0681. The lowest BCUT2D eigenvalue weighted by molar-refractivity contribution is -0.129. The molecule has 1 amide bonds. The highest BCUT2D eigenvalue weighted by Gasteiger charge is 2.27. The monoisotopic (exact) mass is 308 g/mol. The van der Waals surface area contributed by atoms with Crippen LogP contribution >= 0.6 is 0 Å². The Morgan fingerprint density at radius 2 is 2.27 bits per heavy atom. The molecule has 0 spiro atoms. The van der Waals surface area contributed by atoms with Crippen molar-refractivity contribution >= 4 is 5.91 Å². The zero-order chi connectivity index (χ0) is 15.4. The third-order valence-electron chi connectivity index (χ3n) is 3.61. The molecule has 2 N–H and O–H groups in total. The lowest BCUT2D eigenvalue weighted by Crippen LogP contribution is -2.55. The topological polar surface area (TPSA) is 78.1 Å².